The molecule has 0 aromatic heterocycles. The van der Waals surface area contributed by atoms with Crippen LogP contribution >= 0.6 is 0 Å². The number of nitrogens with two attached hydrogens (primary N) is 1. The average molecular weight is 438 g/mol. The van der Waals surface area contributed by atoms with Gasteiger partial charge in [0.2, 0.25) is 0 Å². The van der Waals surface area contributed by atoms with Crippen LogP contribution in [0, 0.1) is 0 Å². The van der Waals surface area contributed by atoms with Crippen molar-refractivity contribution in [1.82, 2.24) is 9.80 Å². The van der Waals surface area contributed by atoms with Gasteiger partial charge in [0.1, 0.15) is 5.76 Å². The number of carbonyl (C=O) groups is 1. The zero-order valence-corrected chi connectivity index (χ0v) is 20.4. The van der Waals surface area contributed by atoms with Crippen LogP contribution in [0.4, 0.5) is 4.79 Å². The largest absolute Gasteiger partial charge is 0.414 e. The van der Waals surface area contributed by atoms with Crippen LogP contribution in [0.15, 0.2) is 72.5 Å². The Morgan fingerprint density at radius 3 is 1.88 bits per heavy atom. The fourth-order valence-corrected chi connectivity index (χ4v) is 4.03. The second-order valence-corrected chi connectivity index (χ2v) is 8.71. The standard InChI is InChI=1S/C27H39N3O2/c1-7-25(32-26(31)30(6)21(2)18-19-28)27(20-22(3)29(4)5,23-14-10-8-11-15-23)24-16-12-9-13-17-24/h7-17,21-22H,18-20,28H2,1-6H3/b25-7-. The Morgan fingerprint density at radius 2 is 1.47 bits per heavy atom. The molecule has 1 amide bonds. The number of carbonyl (C=O) groups excluding carboxylic acids is 1. The van der Waals surface area contributed by atoms with Crippen LogP contribution in [0.25, 0.3) is 0 Å². The lowest BCUT2D eigenvalue weighted by atomic mass is 9.68. The van der Waals surface area contributed by atoms with Crippen LogP contribution in [0.5, 0.6) is 0 Å². The molecule has 0 fully saturated rings. The van der Waals surface area contributed by atoms with Crippen LogP contribution in [-0.2, 0) is 10.2 Å². The summed E-state index contributed by atoms with van der Waals surface area (Å²) in [6.07, 6.45) is 3.04. The number of amides is 1. The Hall–Kier alpha value is -2.63. The second-order valence-electron chi connectivity index (χ2n) is 8.71. The highest BCUT2D eigenvalue weighted by molar-refractivity contribution is 5.70. The first kappa shape index (κ1) is 25.6. The minimum absolute atomic E-state index is 0.00541. The fraction of sp³-hybridized carbons (Fsp3) is 0.444. The Labute approximate surface area is 193 Å². The molecule has 0 bridgehead atoms. The summed E-state index contributed by atoms with van der Waals surface area (Å²) in [5.74, 6) is 0.639. The summed E-state index contributed by atoms with van der Waals surface area (Å²) in [4.78, 5) is 17.0. The van der Waals surface area contributed by atoms with E-state index in [2.05, 4.69) is 50.2 Å². The van der Waals surface area contributed by atoms with Crippen molar-refractivity contribution in [3.8, 4) is 0 Å². The van der Waals surface area contributed by atoms with Crippen molar-refractivity contribution in [2.24, 2.45) is 5.73 Å². The molecule has 0 radical (unpaired) electrons. The Morgan fingerprint density at radius 1 is 0.969 bits per heavy atom. The van der Waals surface area contributed by atoms with Crippen LogP contribution in [0.1, 0.15) is 44.7 Å². The molecular weight excluding hydrogens is 398 g/mol. The van der Waals surface area contributed by atoms with E-state index in [9.17, 15) is 4.79 Å². The van der Waals surface area contributed by atoms with Crippen LogP contribution < -0.4 is 5.73 Å². The highest BCUT2D eigenvalue weighted by atomic mass is 16.6. The molecule has 2 aromatic carbocycles. The molecule has 0 aliphatic carbocycles. The van der Waals surface area contributed by atoms with E-state index in [-0.39, 0.29) is 18.2 Å². The van der Waals surface area contributed by atoms with E-state index in [1.807, 2.05) is 56.3 Å². The number of benzene rings is 2. The number of rotatable bonds is 10. The highest BCUT2D eigenvalue weighted by Crippen LogP contribution is 2.44. The van der Waals surface area contributed by atoms with Crippen molar-refractivity contribution in [3.63, 3.8) is 0 Å². The van der Waals surface area contributed by atoms with Crippen molar-refractivity contribution in [2.75, 3.05) is 27.7 Å². The second kappa shape index (κ2) is 11.8. The van der Waals surface area contributed by atoms with Crippen LogP contribution in [0.2, 0.25) is 0 Å². The lowest BCUT2D eigenvalue weighted by Crippen LogP contribution is -2.42. The monoisotopic (exact) mass is 437 g/mol. The van der Waals surface area contributed by atoms with E-state index in [1.165, 1.54) is 0 Å². The average Bonchev–Trinajstić information content (AvgIpc) is 2.81. The maximum absolute atomic E-state index is 13.2. The summed E-state index contributed by atoms with van der Waals surface area (Å²) in [5, 5.41) is 0. The van der Waals surface area contributed by atoms with Crippen LogP contribution in [0.3, 0.4) is 0 Å². The molecule has 2 unspecified atom stereocenters. The van der Waals surface area contributed by atoms with Crippen molar-refractivity contribution in [1.29, 1.82) is 0 Å². The molecule has 0 aliphatic heterocycles. The molecule has 0 saturated carbocycles. The van der Waals surface area contributed by atoms with Gasteiger partial charge < -0.3 is 20.3 Å². The predicted molar refractivity (Wildman–Crippen MR) is 133 cm³/mol. The molecule has 2 aromatic rings. The van der Waals surface area contributed by atoms with Gasteiger partial charge in [-0.1, -0.05) is 60.7 Å². The summed E-state index contributed by atoms with van der Waals surface area (Å²) in [6, 6.07) is 20.9. The molecule has 0 aliphatic rings. The molecule has 2 N–H and O–H groups in total. The number of hydrogen-bond donors (Lipinski definition) is 1. The van der Waals surface area contributed by atoms with E-state index in [0.717, 1.165) is 24.0 Å². The zero-order chi connectivity index (χ0) is 23.7. The molecule has 2 rings (SSSR count). The van der Waals surface area contributed by atoms with Gasteiger partial charge in [-0.3, -0.25) is 0 Å². The van der Waals surface area contributed by atoms with Gasteiger partial charge in [0.15, 0.2) is 0 Å². The normalized spacial score (nSPS) is 14.2. The third-order valence-electron chi connectivity index (χ3n) is 6.43. The van der Waals surface area contributed by atoms with Gasteiger partial charge in [-0.2, -0.15) is 0 Å². The van der Waals surface area contributed by atoms with Gasteiger partial charge in [-0.15, -0.1) is 0 Å². The first-order valence-corrected chi connectivity index (χ1v) is 11.4. The first-order chi connectivity index (χ1) is 15.3. The SMILES string of the molecule is C/C=C(\OC(=O)N(C)C(C)CCN)C(CC(C)N(C)C)(c1ccccc1)c1ccccc1. The molecule has 0 spiro atoms. The number of ether oxygens (including phenoxy) is 1. The summed E-state index contributed by atoms with van der Waals surface area (Å²) in [7, 11) is 5.93. The molecule has 2 atom stereocenters. The maximum atomic E-state index is 13.2. The Balaban J connectivity index is 2.63. The third-order valence-corrected chi connectivity index (χ3v) is 6.43. The Bertz CT molecular complexity index is 825. The first-order valence-electron chi connectivity index (χ1n) is 11.4. The number of hydrogen-bond acceptors (Lipinski definition) is 4. The van der Waals surface area contributed by atoms with Gasteiger partial charge >= 0.3 is 6.09 Å². The van der Waals surface area contributed by atoms with E-state index in [1.54, 1.807) is 11.9 Å². The van der Waals surface area contributed by atoms with Gasteiger partial charge in [-0.25, -0.2) is 4.79 Å². The van der Waals surface area contributed by atoms with E-state index in [4.69, 9.17) is 10.5 Å². The smallest absolute Gasteiger partial charge is 0.414 e. The number of allylic oxidation sites excluding steroid dienone is 2. The van der Waals surface area contributed by atoms with E-state index < -0.39 is 5.41 Å². The van der Waals surface area contributed by atoms with Gasteiger partial charge in [0.25, 0.3) is 0 Å². The third kappa shape index (κ3) is 5.78. The lowest BCUT2D eigenvalue weighted by molar-refractivity contribution is 0.109. The maximum Gasteiger partial charge on any atom is 0.414 e. The lowest BCUT2D eigenvalue weighted by Gasteiger charge is -2.40. The topological polar surface area (TPSA) is 58.8 Å². The van der Waals surface area contributed by atoms with Crippen LogP contribution in [-0.4, -0.2) is 55.7 Å². The zero-order valence-electron chi connectivity index (χ0n) is 20.4. The molecule has 0 saturated heterocycles. The molecule has 5 heteroatoms. The van der Waals surface area contributed by atoms with Crippen molar-refractivity contribution in [2.45, 2.75) is 51.1 Å². The van der Waals surface area contributed by atoms with Crippen molar-refractivity contribution in [3.05, 3.63) is 83.6 Å². The van der Waals surface area contributed by atoms with Gasteiger partial charge in [0.05, 0.1) is 5.41 Å². The van der Waals surface area contributed by atoms with Gasteiger partial charge in [0, 0.05) is 19.1 Å². The molecule has 0 heterocycles. The molecule has 5 nitrogen and oxygen atoms in total. The summed E-state index contributed by atoms with van der Waals surface area (Å²) in [5.41, 5.74) is 7.28. The molecule has 32 heavy (non-hydrogen) atoms. The van der Waals surface area contributed by atoms with Gasteiger partial charge in [-0.05, 0) is 71.5 Å². The fourth-order valence-electron chi connectivity index (χ4n) is 4.03. The predicted octanol–water partition coefficient (Wildman–Crippen LogP) is 5.02. The number of nitrogens with zero attached hydrogens (tertiary/aromatic N) is 2. The minimum Gasteiger partial charge on any atom is -0.414 e. The summed E-state index contributed by atoms with van der Waals surface area (Å²) < 4.78 is 6.17. The minimum atomic E-state index is -0.617. The van der Waals surface area contributed by atoms with Crippen molar-refractivity contribution >= 4 is 6.09 Å². The summed E-state index contributed by atoms with van der Waals surface area (Å²) >= 11 is 0. The van der Waals surface area contributed by atoms with E-state index in [0.29, 0.717) is 12.3 Å². The highest BCUT2D eigenvalue weighted by Gasteiger charge is 2.42. The quantitative estimate of drug-likeness (QED) is 0.530. The summed E-state index contributed by atoms with van der Waals surface area (Å²) in [6.45, 7) is 6.64. The van der Waals surface area contributed by atoms with Crippen molar-refractivity contribution < 1.29 is 9.53 Å². The Kier molecular flexibility index (Phi) is 9.48. The van der Waals surface area contributed by atoms with E-state index >= 15 is 0 Å². The molecular formula is C27H39N3O2. The molecule has 174 valence electrons.